The van der Waals surface area contributed by atoms with E-state index in [4.69, 9.17) is 9.47 Å². The Hall–Kier alpha value is -2.57. The second-order valence-corrected chi connectivity index (χ2v) is 7.81. The van der Waals surface area contributed by atoms with Gasteiger partial charge in [0.05, 0.1) is 13.1 Å². The average Bonchev–Trinajstić information content (AvgIpc) is 2.76. The molecule has 2 aliphatic heterocycles. The number of carbonyl (C=O) groups excluding carboxylic acids is 1. The van der Waals surface area contributed by atoms with Crippen LogP contribution in [-0.4, -0.2) is 79.6 Å². The zero-order valence-electron chi connectivity index (χ0n) is 17.0. The highest BCUT2D eigenvalue weighted by atomic mass is 16.6. The number of carbonyl (C=O) groups is 1. The van der Waals surface area contributed by atoms with Gasteiger partial charge in [-0.3, -0.25) is 14.6 Å². The van der Waals surface area contributed by atoms with E-state index in [0.717, 1.165) is 44.2 Å². The summed E-state index contributed by atoms with van der Waals surface area (Å²) in [6.07, 6.45) is -0.137. The fourth-order valence-electron chi connectivity index (χ4n) is 3.82. The lowest BCUT2D eigenvalue weighted by Crippen LogP contribution is -2.50. The first-order valence-electron chi connectivity index (χ1n) is 10.3. The summed E-state index contributed by atoms with van der Waals surface area (Å²) in [6.45, 7) is 6.24. The van der Waals surface area contributed by atoms with Crippen LogP contribution in [0.3, 0.4) is 0 Å². The predicted molar refractivity (Wildman–Crippen MR) is 112 cm³/mol. The number of hydrogen-bond donors (Lipinski definition) is 0. The molecule has 0 spiro atoms. The maximum atomic E-state index is 12.7. The molecule has 1 atom stereocenters. The van der Waals surface area contributed by atoms with E-state index in [9.17, 15) is 4.79 Å². The summed E-state index contributed by atoms with van der Waals surface area (Å²) in [5.74, 6) is 1.65. The third-order valence-electron chi connectivity index (χ3n) is 5.54. The zero-order chi connectivity index (χ0) is 20.1. The SMILES string of the molecule is CN(C[C@H]1COc2ccccc2O1)C(=O)CN1CCN(Cc2ccccc2)CC1. The van der Waals surface area contributed by atoms with Gasteiger partial charge in [-0.05, 0) is 17.7 Å². The molecule has 154 valence electrons. The Labute approximate surface area is 172 Å². The van der Waals surface area contributed by atoms with Crippen molar-refractivity contribution in [1.82, 2.24) is 14.7 Å². The standard InChI is InChI=1S/C23H29N3O3/c1-24(16-20-18-28-21-9-5-6-10-22(21)29-20)23(27)17-26-13-11-25(12-14-26)15-19-7-3-2-4-8-19/h2-10,20H,11-18H2,1H3/t20-/m0/s1. The van der Waals surface area contributed by atoms with E-state index in [2.05, 4.69) is 34.1 Å². The Morgan fingerprint density at radius 2 is 1.62 bits per heavy atom. The minimum Gasteiger partial charge on any atom is -0.486 e. The van der Waals surface area contributed by atoms with Gasteiger partial charge in [0.2, 0.25) is 5.91 Å². The van der Waals surface area contributed by atoms with Gasteiger partial charge in [0.1, 0.15) is 6.61 Å². The van der Waals surface area contributed by atoms with Crippen molar-refractivity contribution in [3.63, 3.8) is 0 Å². The van der Waals surface area contributed by atoms with E-state index >= 15 is 0 Å². The minimum absolute atomic E-state index is 0.129. The van der Waals surface area contributed by atoms with Gasteiger partial charge in [-0.25, -0.2) is 0 Å². The van der Waals surface area contributed by atoms with Gasteiger partial charge in [-0.1, -0.05) is 42.5 Å². The summed E-state index contributed by atoms with van der Waals surface area (Å²) in [5, 5.41) is 0. The molecule has 2 aromatic carbocycles. The zero-order valence-corrected chi connectivity index (χ0v) is 17.0. The van der Waals surface area contributed by atoms with Crippen molar-refractivity contribution in [3.8, 4) is 11.5 Å². The number of fused-ring (bicyclic) bond motifs is 1. The summed E-state index contributed by atoms with van der Waals surface area (Å²) in [7, 11) is 1.85. The van der Waals surface area contributed by atoms with E-state index < -0.39 is 0 Å². The van der Waals surface area contributed by atoms with Crippen molar-refractivity contribution in [1.29, 1.82) is 0 Å². The molecule has 2 aromatic rings. The Balaban J connectivity index is 1.20. The topological polar surface area (TPSA) is 45.3 Å². The monoisotopic (exact) mass is 395 g/mol. The molecule has 0 saturated carbocycles. The van der Waals surface area contributed by atoms with Gasteiger partial charge in [-0.2, -0.15) is 0 Å². The molecule has 2 aliphatic rings. The van der Waals surface area contributed by atoms with Crippen LogP contribution >= 0.6 is 0 Å². The Kier molecular flexibility index (Phi) is 6.32. The van der Waals surface area contributed by atoms with Crippen molar-refractivity contribution in [3.05, 3.63) is 60.2 Å². The van der Waals surface area contributed by atoms with Crippen molar-refractivity contribution in [2.24, 2.45) is 0 Å². The van der Waals surface area contributed by atoms with Gasteiger partial charge >= 0.3 is 0 Å². The number of rotatable bonds is 6. The van der Waals surface area contributed by atoms with Crippen molar-refractivity contribution >= 4 is 5.91 Å². The lowest BCUT2D eigenvalue weighted by molar-refractivity contribution is -0.133. The third kappa shape index (κ3) is 5.28. The number of benzene rings is 2. The van der Waals surface area contributed by atoms with E-state index in [1.807, 2.05) is 37.4 Å². The molecule has 0 aliphatic carbocycles. The fourth-order valence-corrected chi connectivity index (χ4v) is 3.82. The smallest absolute Gasteiger partial charge is 0.236 e. The normalized spacial score (nSPS) is 19.7. The van der Waals surface area contributed by atoms with E-state index in [1.165, 1.54) is 5.56 Å². The fraction of sp³-hybridized carbons (Fsp3) is 0.435. The first-order valence-corrected chi connectivity index (χ1v) is 10.3. The van der Waals surface area contributed by atoms with Crippen LogP contribution < -0.4 is 9.47 Å². The molecule has 6 nitrogen and oxygen atoms in total. The second kappa shape index (κ2) is 9.29. The molecule has 0 unspecified atom stereocenters. The first-order chi connectivity index (χ1) is 14.2. The highest BCUT2D eigenvalue weighted by molar-refractivity contribution is 5.78. The molecule has 29 heavy (non-hydrogen) atoms. The van der Waals surface area contributed by atoms with E-state index in [-0.39, 0.29) is 12.0 Å². The number of nitrogens with zero attached hydrogens (tertiary/aromatic N) is 3. The minimum atomic E-state index is -0.137. The Morgan fingerprint density at radius 1 is 0.966 bits per heavy atom. The van der Waals surface area contributed by atoms with Crippen LogP contribution in [-0.2, 0) is 11.3 Å². The van der Waals surface area contributed by atoms with E-state index in [0.29, 0.717) is 19.7 Å². The summed E-state index contributed by atoms with van der Waals surface area (Å²) in [6, 6.07) is 18.2. The lowest BCUT2D eigenvalue weighted by atomic mass is 10.2. The molecule has 2 heterocycles. The number of likely N-dealkylation sites (N-methyl/N-ethyl adjacent to an activating group) is 1. The molecular weight excluding hydrogens is 366 g/mol. The number of ether oxygens (including phenoxy) is 2. The molecule has 4 rings (SSSR count). The Morgan fingerprint density at radius 3 is 2.38 bits per heavy atom. The molecule has 1 fully saturated rings. The predicted octanol–water partition coefficient (Wildman–Crippen LogP) is 2.10. The van der Waals surface area contributed by atoms with Crippen LogP contribution in [0.25, 0.3) is 0 Å². The highest BCUT2D eigenvalue weighted by Gasteiger charge is 2.25. The highest BCUT2D eigenvalue weighted by Crippen LogP contribution is 2.30. The maximum absolute atomic E-state index is 12.7. The van der Waals surface area contributed by atoms with Crippen LogP contribution in [0.5, 0.6) is 11.5 Å². The molecular formula is C23H29N3O3. The van der Waals surface area contributed by atoms with Crippen molar-refractivity contribution < 1.29 is 14.3 Å². The van der Waals surface area contributed by atoms with Gasteiger partial charge in [0.25, 0.3) is 0 Å². The average molecular weight is 396 g/mol. The van der Waals surface area contributed by atoms with Crippen LogP contribution in [0, 0.1) is 0 Å². The summed E-state index contributed by atoms with van der Waals surface area (Å²) >= 11 is 0. The summed E-state index contributed by atoms with van der Waals surface area (Å²) in [4.78, 5) is 19.1. The van der Waals surface area contributed by atoms with Gasteiger partial charge in [-0.15, -0.1) is 0 Å². The molecule has 0 N–H and O–H groups in total. The largest absolute Gasteiger partial charge is 0.486 e. The van der Waals surface area contributed by atoms with Gasteiger partial charge in [0, 0.05) is 39.8 Å². The van der Waals surface area contributed by atoms with Crippen molar-refractivity contribution in [2.45, 2.75) is 12.6 Å². The first kappa shape index (κ1) is 19.7. The number of amides is 1. The molecule has 0 aromatic heterocycles. The molecule has 0 bridgehead atoms. The molecule has 0 radical (unpaired) electrons. The van der Waals surface area contributed by atoms with Crippen LogP contribution in [0.2, 0.25) is 0 Å². The third-order valence-corrected chi connectivity index (χ3v) is 5.54. The lowest BCUT2D eigenvalue weighted by Gasteiger charge is -2.35. The van der Waals surface area contributed by atoms with Gasteiger partial charge in [0.15, 0.2) is 17.6 Å². The van der Waals surface area contributed by atoms with Crippen LogP contribution in [0.1, 0.15) is 5.56 Å². The summed E-state index contributed by atoms with van der Waals surface area (Å²) < 4.78 is 11.7. The number of para-hydroxylation sites is 2. The quantitative estimate of drug-likeness (QED) is 0.750. The number of piperazine rings is 1. The van der Waals surface area contributed by atoms with Crippen LogP contribution in [0.15, 0.2) is 54.6 Å². The summed E-state index contributed by atoms with van der Waals surface area (Å²) in [5.41, 5.74) is 1.34. The Bertz CT molecular complexity index is 806. The molecule has 1 saturated heterocycles. The maximum Gasteiger partial charge on any atom is 0.236 e. The molecule has 6 heteroatoms. The van der Waals surface area contributed by atoms with E-state index in [1.54, 1.807) is 4.90 Å². The van der Waals surface area contributed by atoms with Crippen molar-refractivity contribution in [2.75, 3.05) is 52.9 Å². The second-order valence-electron chi connectivity index (χ2n) is 7.81. The molecule has 1 amide bonds. The van der Waals surface area contributed by atoms with Crippen LogP contribution in [0.4, 0.5) is 0 Å². The number of hydrogen-bond acceptors (Lipinski definition) is 5. The van der Waals surface area contributed by atoms with Gasteiger partial charge < -0.3 is 14.4 Å².